The highest BCUT2D eigenvalue weighted by atomic mass is 16.3. The van der Waals surface area contributed by atoms with Crippen LogP contribution in [-0.4, -0.2) is 66.7 Å². The van der Waals surface area contributed by atoms with Crippen LogP contribution >= 0.6 is 0 Å². The third kappa shape index (κ3) is 9.08. The summed E-state index contributed by atoms with van der Waals surface area (Å²) in [7, 11) is 0. The summed E-state index contributed by atoms with van der Waals surface area (Å²) >= 11 is 0. The van der Waals surface area contributed by atoms with Gasteiger partial charge >= 0.3 is 0 Å². The molecule has 0 radical (unpaired) electrons. The first-order valence-corrected chi connectivity index (χ1v) is 10.2. The normalized spacial score (nSPS) is 11.9. The van der Waals surface area contributed by atoms with Crippen LogP contribution in [0.2, 0.25) is 0 Å². The molecular weight excluding hydrogens is 354 g/mol. The van der Waals surface area contributed by atoms with E-state index in [9.17, 15) is 9.90 Å². The molecule has 0 saturated heterocycles. The molecule has 0 aliphatic heterocycles. The molecule has 1 aromatic carbocycles. The monoisotopic (exact) mass is 391 g/mol. The fraction of sp³-hybridized carbons (Fsp3) is 0.619. The number of aliphatic imine (C=N–C) groups is 1. The van der Waals surface area contributed by atoms with Crippen LogP contribution in [0.5, 0.6) is 5.75 Å². The van der Waals surface area contributed by atoms with E-state index < -0.39 is 0 Å². The van der Waals surface area contributed by atoms with E-state index in [0.717, 1.165) is 32.0 Å². The summed E-state index contributed by atoms with van der Waals surface area (Å²) in [6, 6.07) is 7.27. The number of amides is 1. The lowest BCUT2D eigenvalue weighted by Crippen LogP contribution is -2.42. The predicted octanol–water partition coefficient (Wildman–Crippen LogP) is 2.19. The van der Waals surface area contributed by atoms with Crippen LogP contribution in [0.3, 0.4) is 0 Å². The van der Waals surface area contributed by atoms with E-state index in [4.69, 9.17) is 0 Å². The van der Waals surface area contributed by atoms with Gasteiger partial charge in [0.05, 0.1) is 0 Å². The highest BCUT2D eigenvalue weighted by Gasteiger charge is 2.12. The van der Waals surface area contributed by atoms with Gasteiger partial charge in [0.15, 0.2) is 5.96 Å². The minimum Gasteiger partial charge on any atom is -0.508 e. The third-order valence-electron chi connectivity index (χ3n) is 4.35. The number of guanidine groups is 1. The Morgan fingerprint density at radius 2 is 1.64 bits per heavy atom. The quantitative estimate of drug-likeness (QED) is 0.264. The largest absolute Gasteiger partial charge is 0.508 e. The summed E-state index contributed by atoms with van der Waals surface area (Å²) in [4.78, 5) is 19.1. The number of hydrogen-bond donors (Lipinski definition) is 4. The highest BCUT2D eigenvalue weighted by Crippen LogP contribution is 2.09. The maximum atomic E-state index is 12.0. The molecular formula is C21H37N5O2. The van der Waals surface area contributed by atoms with Crippen molar-refractivity contribution in [2.75, 3.05) is 32.7 Å². The molecule has 0 saturated carbocycles. The average Bonchev–Trinajstić information content (AvgIpc) is 2.64. The lowest BCUT2D eigenvalue weighted by molar-refractivity contribution is 0.0954. The Labute approximate surface area is 169 Å². The van der Waals surface area contributed by atoms with Gasteiger partial charge in [0.2, 0.25) is 0 Å². The van der Waals surface area contributed by atoms with Gasteiger partial charge in [0.1, 0.15) is 5.75 Å². The summed E-state index contributed by atoms with van der Waals surface area (Å²) in [5.41, 5.74) is 0.526. The number of nitrogens with one attached hydrogen (secondary N) is 3. The van der Waals surface area contributed by atoms with E-state index in [-0.39, 0.29) is 11.7 Å². The van der Waals surface area contributed by atoms with Crippen LogP contribution in [0.25, 0.3) is 0 Å². The van der Waals surface area contributed by atoms with Crippen molar-refractivity contribution >= 4 is 11.9 Å². The van der Waals surface area contributed by atoms with Gasteiger partial charge in [-0.25, -0.2) is 0 Å². The van der Waals surface area contributed by atoms with Crippen molar-refractivity contribution in [2.24, 2.45) is 4.99 Å². The minimum atomic E-state index is -0.161. The van der Waals surface area contributed by atoms with Gasteiger partial charge in [0.25, 0.3) is 5.91 Å². The number of aromatic hydroxyl groups is 1. The van der Waals surface area contributed by atoms with Crippen LogP contribution in [0.4, 0.5) is 0 Å². The topological polar surface area (TPSA) is 89.0 Å². The van der Waals surface area contributed by atoms with Gasteiger partial charge in [0, 0.05) is 50.4 Å². The molecule has 158 valence electrons. The molecule has 0 unspecified atom stereocenters. The third-order valence-corrected chi connectivity index (χ3v) is 4.35. The van der Waals surface area contributed by atoms with Gasteiger partial charge in [-0.05, 0) is 65.3 Å². The molecule has 0 bridgehead atoms. The lowest BCUT2D eigenvalue weighted by Gasteiger charge is -2.30. The zero-order chi connectivity index (χ0) is 20.9. The van der Waals surface area contributed by atoms with Gasteiger partial charge < -0.3 is 21.1 Å². The van der Waals surface area contributed by atoms with Gasteiger partial charge in [-0.1, -0.05) is 0 Å². The highest BCUT2D eigenvalue weighted by molar-refractivity contribution is 5.94. The maximum Gasteiger partial charge on any atom is 0.251 e. The van der Waals surface area contributed by atoms with E-state index in [0.29, 0.717) is 30.7 Å². The number of phenolic OH excluding ortho intramolecular Hbond substituents is 1. The second kappa shape index (κ2) is 13.0. The Hall–Kier alpha value is -2.28. The first-order chi connectivity index (χ1) is 13.3. The van der Waals surface area contributed by atoms with Crippen LogP contribution in [0, 0.1) is 0 Å². The van der Waals surface area contributed by atoms with Gasteiger partial charge in [-0.15, -0.1) is 0 Å². The molecule has 0 aliphatic carbocycles. The Bertz CT molecular complexity index is 591. The number of carbonyl (C=O) groups excluding carboxylic acids is 1. The van der Waals surface area contributed by atoms with Crippen LogP contribution < -0.4 is 16.0 Å². The summed E-state index contributed by atoms with van der Waals surface area (Å²) in [5.74, 6) is 0.753. The van der Waals surface area contributed by atoms with Crippen LogP contribution in [-0.2, 0) is 0 Å². The number of benzene rings is 1. The molecule has 0 fully saturated rings. The van der Waals surface area contributed by atoms with Crippen molar-refractivity contribution in [1.82, 2.24) is 20.9 Å². The summed E-state index contributed by atoms with van der Waals surface area (Å²) < 4.78 is 0. The van der Waals surface area contributed by atoms with Crippen molar-refractivity contribution < 1.29 is 9.90 Å². The first kappa shape index (κ1) is 23.8. The van der Waals surface area contributed by atoms with E-state index in [2.05, 4.69) is 53.5 Å². The fourth-order valence-electron chi connectivity index (χ4n) is 2.97. The lowest BCUT2D eigenvalue weighted by atomic mass is 10.2. The Morgan fingerprint density at radius 3 is 2.21 bits per heavy atom. The Balaban J connectivity index is 2.36. The van der Waals surface area contributed by atoms with Crippen molar-refractivity contribution in [3.05, 3.63) is 29.8 Å². The molecule has 1 amide bonds. The van der Waals surface area contributed by atoms with Crippen molar-refractivity contribution in [2.45, 2.75) is 53.1 Å². The maximum absolute atomic E-state index is 12.0. The SMILES string of the molecule is CCNC(=NCCCN(C(C)C)C(C)C)NCCNC(=O)c1ccc(O)cc1. The van der Waals surface area contributed by atoms with Crippen LogP contribution in [0.15, 0.2) is 29.3 Å². The number of phenols is 1. The molecule has 0 atom stereocenters. The van der Waals surface area contributed by atoms with Gasteiger partial charge in [-0.2, -0.15) is 0 Å². The smallest absolute Gasteiger partial charge is 0.251 e. The van der Waals surface area contributed by atoms with Crippen molar-refractivity contribution in [1.29, 1.82) is 0 Å². The second-order valence-electron chi connectivity index (χ2n) is 7.27. The molecule has 7 heteroatoms. The standard InChI is InChI=1S/C21H37N5O2/c1-6-22-21(24-12-7-15-26(16(2)3)17(4)5)25-14-13-23-20(28)18-8-10-19(27)11-9-18/h8-11,16-17,27H,6-7,12-15H2,1-5H3,(H,23,28)(H2,22,24,25). The Morgan fingerprint density at radius 1 is 1.04 bits per heavy atom. The van der Waals surface area contributed by atoms with E-state index in [1.807, 2.05) is 6.92 Å². The summed E-state index contributed by atoms with van der Waals surface area (Å²) in [5, 5.41) is 18.6. The molecule has 0 heterocycles. The second-order valence-corrected chi connectivity index (χ2v) is 7.27. The number of rotatable bonds is 11. The zero-order valence-corrected chi connectivity index (χ0v) is 18.0. The molecule has 0 aromatic heterocycles. The fourth-order valence-corrected chi connectivity index (χ4v) is 2.97. The van der Waals surface area contributed by atoms with E-state index >= 15 is 0 Å². The number of hydrogen-bond acceptors (Lipinski definition) is 4. The molecule has 1 aromatic rings. The molecule has 7 nitrogen and oxygen atoms in total. The first-order valence-electron chi connectivity index (χ1n) is 10.2. The predicted molar refractivity (Wildman–Crippen MR) is 116 cm³/mol. The minimum absolute atomic E-state index is 0.148. The van der Waals surface area contributed by atoms with E-state index in [1.165, 1.54) is 12.1 Å². The van der Waals surface area contributed by atoms with E-state index in [1.54, 1.807) is 12.1 Å². The molecule has 28 heavy (non-hydrogen) atoms. The number of carbonyl (C=O) groups is 1. The van der Waals surface area contributed by atoms with Crippen LogP contribution in [0.1, 0.15) is 51.4 Å². The molecule has 0 aliphatic rings. The summed E-state index contributed by atoms with van der Waals surface area (Å²) in [6.07, 6.45) is 1.00. The molecule has 0 spiro atoms. The average molecular weight is 392 g/mol. The van der Waals surface area contributed by atoms with Gasteiger partial charge in [-0.3, -0.25) is 14.7 Å². The molecule has 1 rings (SSSR count). The zero-order valence-electron chi connectivity index (χ0n) is 18.0. The Kier molecular flexibility index (Phi) is 11.0. The molecule has 4 N–H and O–H groups in total. The summed E-state index contributed by atoms with van der Waals surface area (Å²) in [6.45, 7) is 14.6. The van der Waals surface area contributed by atoms with Crippen molar-refractivity contribution in [3.8, 4) is 5.75 Å². The van der Waals surface area contributed by atoms with Crippen molar-refractivity contribution in [3.63, 3.8) is 0 Å². The number of nitrogens with zero attached hydrogens (tertiary/aromatic N) is 2.